The number of carbonyl (C=O) groups excluding carboxylic acids is 1. The molecule has 3 atom stereocenters. The molecule has 1 aromatic carbocycles. The van der Waals surface area contributed by atoms with Gasteiger partial charge in [0.05, 0.1) is 5.92 Å². The topological polar surface area (TPSA) is 29.1 Å². The molecule has 0 radical (unpaired) electrons. The van der Waals surface area contributed by atoms with Crippen LogP contribution in [0, 0.1) is 12.8 Å². The molecule has 2 nitrogen and oxygen atoms in total. The van der Waals surface area contributed by atoms with Gasteiger partial charge in [0.25, 0.3) is 0 Å². The average Bonchev–Trinajstić information content (AvgIpc) is 2.75. The van der Waals surface area contributed by atoms with Gasteiger partial charge in [-0.2, -0.15) is 12.6 Å². The lowest BCUT2D eigenvalue weighted by molar-refractivity contribution is -0.135. The van der Waals surface area contributed by atoms with Crippen molar-refractivity contribution in [3.05, 3.63) is 58.7 Å². The molecule has 1 saturated heterocycles. The maximum absolute atomic E-state index is 11.9. The van der Waals surface area contributed by atoms with E-state index in [0.29, 0.717) is 12.0 Å². The molecule has 3 rings (SSSR count). The van der Waals surface area contributed by atoms with Crippen molar-refractivity contribution < 1.29 is 4.79 Å². The minimum Gasteiger partial charge on any atom is -0.352 e. The summed E-state index contributed by atoms with van der Waals surface area (Å²) in [5.41, 5.74) is 7.50. The van der Waals surface area contributed by atoms with Crippen LogP contribution in [0.2, 0.25) is 0 Å². The summed E-state index contributed by atoms with van der Waals surface area (Å²) < 4.78 is 0. The Labute approximate surface area is 203 Å². The molecular formula is C29H47NOS. The Bertz CT molecular complexity index is 752. The van der Waals surface area contributed by atoms with E-state index >= 15 is 0 Å². The predicted octanol–water partition coefficient (Wildman–Crippen LogP) is 7.75. The van der Waals surface area contributed by atoms with Crippen LogP contribution in [0.4, 0.5) is 0 Å². The number of allylic oxidation sites excluding steroid dienone is 3. The van der Waals surface area contributed by atoms with Gasteiger partial charge in [-0.25, -0.2) is 0 Å². The molecule has 0 bridgehead atoms. The second-order valence-corrected chi connectivity index (χ2v) is 9.20. The molecule has 1 amide bonds. The van der Waals surface area contributed by atoms with E-state index in [0.717, 1.165) is 12.8 Å². The van der Waals surface area contributed by atoms with Gasteiger partial charge in [0.15, 0.2) is 0 Å². The first kappa shape index (κ1) is 28.6. The number of unbranched alkanes of at least 4 members (excludes halogenated alkanes) is 2. The molecule has 0 saturated carbocycles. The molecule has 180 valence electrons. The SMILES string of the molecule is C=CC.CCCCCc1cc(C)c(C2C=C(C)CCC2)c(CC2NC(=O)C2CC)c1.CS. The van der Waals surface area contributed by atoms with Crippen molar-refractivity contribution >= 4 is 18.5 Å². The fourth-order valence-corrected chi connectivity index (χ4v) is 5.09. The number of rotatable bonds is 8. The third-order valence-corrected chi connectivity index (χ3v) is 6.57. The zero-order valence-electron chi connectivity index (χ0n) is 21.5. The van der Waals surface area contributed by atoms with Gasteiger partial charge in [0.1, 0.15) is 0 Å². The molecule has 1 heterocycles. The van der Waals surface area contributed by atoms with Gasteiger partial charge >= 0.3 is 0 Å². The number of carbonyl (C=O) groups is 1. The smallest absolute Gasteiger partial charge is 0.225 e. The lowest BCUT2D eigenvalue weighted by Crippen LogP contribution is -2.58. The standard InChI is InChI=1S/C25H37NO.C3H6.CH4S/c1-5-7-8-11-19-14-18(4)24(20-12-9-10-17(3)13-20)21(15-19)16-23-22(6-2)25(27)26-23;1-3-2;1-2/h13-15,20,22-23H,5-12,16H2,1-4H3,(H,26,27);3H,1H2,2H3;2H,1H3. The zero-order valence-corrected chi connectivity index (χ0v) is 22.4. The summed E-state index contributed by atoms with van der Waals surface area (Å²) in [5, 5.41) is 3.17. The van der Waals surface area contributed by atoms with E-state index in [4.69, 9.17) is 0 Å². The van der Waals surface area contributed by atoms with Gasteiger partial charge in [-0.15, -0.1) is 6.58 Å². The molecule has 2 aliphatic rings. The van der Waals surface area contributed by atoms with Crippen molar-refractivity contribution in [1.82, 2.24) is 5.32 Å². The molecule has 1 fully saturated rings. The van der Waals surface area contributed by atoms with E-state index in [1.54, 1.807) is 17.9 Å². The maximum Gasteiger partial charge on any atom is 0.225 e. The molecule has 0 aromatic heterocycles. The van der Waals surface area contributed by atoms with Gasteiger partial charge in [-0.3, -0.25) is 4.79 Å². The van der Waals surface area contributed by atoms with Crippen LogP contribution in [0.25, 0.3) is 0 Å². The quantitative estimate of drug-likeness (QED) is 0.178. The first-order valence-corrected chi connectivity index (χ1v) is 13.5. The molecular weight excluding hydrogens is 410 g/mol. The van der Waals surface area contributed by atoms with E-state index in [9.17, 15) is 4.79 Å². The van der Waals surface area contributed by atoms with Crippen LogP contribution in [-0.4, -0.2) is 18.2 Å². The normalized spacial score (nSPS) is 21.7. The third kappa shape index (κ3) is 8.14. The highest BCUT2D eigenvalue weighted by Crippen LogP contribution is 2.37. The number of thiol groups is 1. The van der Waals surface area contributed by atoms with E-state index < -0.39 is 0 Å². The number of nitrogens with one attached hydrogen (secondary N) is 1. The number of benzene rings is 1. The predicted molar refractivity (Wildman–Crippen MR) is 145 cm³/mol. The van der Waals surface area contributed by atoms with Crippen molar-refractivity contribution in [3.8, 4) is 0 Å². The summed E-state index contributed by atoms with van der Waals surface area (Å²) in [6.07, 6.45) is 16.7. The Hall–Kier alpha value is -1.48. The van der Waals surface area contributed by atoms with E-state index in [2.05, 4.69) is 70.4 Å². The Morgan fingerprint density at radius 3 is 2.44 bits per heavy atom. The molecule has 3 heteroatoms. The van der Waals surface area contributed by atoms with Crippen molar-refractivity contribution in [2.75, 3.05) is 6.26 Å². The van der Waals surface area contributed by atoms with Crippen LogP contribution in [-0.2, 0) is 17.6 Å². The Balaban J connectivity index is 0.000000944. The van der Waals surface area contributed by atoms with Crippen molar-refractivity contribution in [2.45, 2.75) is 104 Å². The molecule has 3 unspecified atom stereocenters. The summed E-state index contributed by atoms with van der Waals surface area (Å²) in [6, 6.07) is 5.22. The highest BCUT2D eigenvalue weighted by molar-refractivity contribution is 7.79. The van der Waals surface area contributed by atoms with Crippen molar-refractivity contribution in [3.63, 3.8) is 0 Å². The Morgan fingerprint density at radius 2 is 1.88 bits per heavy atom. The fraction of sp³-hybridized carbons (Fsp3) is 0.621. The molecule has 1 aliphatic carbocycles. The van der Waals surface area contributed by atoms with Gasteiger partial charge in [-0.1, -0.05) is 56.5 Å². The highest BCUT2D eigenvalue weighted by atomic mass is 32.1. The maximum atomic E-state index is 11.9. The lowest BCUT2D eigenvalue weighted by Gasteiger charge is -2.37. The monoisotopic (exact) mass is 457 g/mol. The molecule has 32 heavy (non-hydrogen) atoms. The number of hydrogen-bond donors (Lipinski definition) is 2. The van der Waals surface area contributed by atoms with Crippen LogP contribution in [0.5, 0.6) is 0 Å². The second kappa shape index (κ2) is 15.4. The highest BCUT2D eigenvalue weighted by Gasteiger charge is 2.38. The number of hydrogen-bond acceptors (Lipinski definition) is 2. The number of β-lactam (4-membered cyclic amide) rings is 1. The van der Waals surface area contributed by atoms with E-state index in [-0.39, 0.29) is 11.8 Å². The minimum atomic E-state index is 0.200. The van der Waals surface area contributed by atoms with Gasteiger partial charge < -0.3 is 5.32 Å². The number of aryl methyl sites for hydroxylation is 2. The summed E-state index contributed by atoms with van der Waals surface area (Å²) >= 11 is 3.53. The summed E-state index contributed by atoms with van der Waals surface area (Å²) in [6.45, 7) is 14.2. The Morgan fingerprint density at radius 1 is 1.19 bits per heavy atom. The van der Waals surface area contributed by atoms with Crippen LogP contribution in [0.15, 0.2) is 36.4 Å². The first-order chi connectivity index (χ1) is 15.4. The average molecular weight is 458 g/mol. The third-order valence-electron chi connectivity index (χ3n) is 6.57. The second-order valence-electron chi connectivity index (χ2n) is 9.20. The molecule has 1 aromatic rings. The van der Waals surface area contributed by atoms with Crippen LogP contribution in [0.1, 0.15) is 101 Å². The van der Waals surface area contributed by atoms with Crippen LogP contribution in [0.3, 0.4) is 0 Å². The van der Waals surface area contributed by atoms with Crippen LogP contribution < -0.4 is 5.32 Å². The van der Waals surface area contributed by atoms with Gasteiger partial charge in [-0.05, 0) is 94.2 Å². The summed E-state index contributed by atoms with van der Waals surface area (Å²) in [7, 11) is 0. The minimum absolute atomic E-state index is 0.200. The largest absolute Gasteiger partial charge is 0.352 e. The summed E-state index contributed by atoms with van der Waals surface area (Å²) in [4.78, 5) is 11.9. The van der Waals surface area contributed by atoms with Gasteiger partial charge in [0, 0.05) is 12.0 Å². The lowest BCUT2D eigenvalue weighted by atomic mass is 9.77. The molecule has 1 N–H and O–H groups in total. The molecule has 1 aliphatic heterocycles. The summed E-state index contributed by atoms with van der Waals surface area (Å²) in [5.74, 6) is 0.994. The fourth-order valence-electron chi connectivity index (χ4n) is 5.09. The van der Waals surface area contributed by atoms with E-state index in [1.807, 2.05) is 6.92 Å². The van der Waals surface area contributed by atoms with Gasteiger partial charge in [0.2, 0.25) is 5.91 Å². The van der Waals surface area contributed by atoms with E-state index in [1.165, 1.54) is 67.2 Å². The van der Waals surface area contributed by atoms with Crippen molar-refractivity contribution in [2.24, 2.45) is 5.92 Å². The Kier molecular flexibility index (Phi) is 13.7. The number of amides is 1. The molecule has 0 spiro atoms. The van der Waals surface area contributed by atoms with Crippen LogP contribution >= 0.6 is 12.6 Å². The zero-order chi connectivity index (χ0) is 24.1. The first-order valence-electron chi connectivity index (χ1n) is 12.6. The van der Waals surface area contributed by atoms with Crippen molar-refractivity contribution in [1.29, 1.82) is 0 Å².